The lowest BCUT2D eigenvalue weighted by atomic mass is 10.1. The summed E-state index contributed by atoms with van der Waals surface area (Å²) in [6, 6.07) is 15.9. The molecule has 2 rings (SSSR count). The quantitative estimate of drug-likeness (QED) is 0.641. The molecule has 4 heteroatoms. The first-order valence-corrected chi connectivity index (χ1v) is 7.94. The summed E-state index contributed by atoms with van der Waals surface area (Å²) in [6.07, 6.45) is 0. The van der Waals surface area contributed by atoms with Crippen LogP contribution in [0, 0.1) is 13.8 Å². The van der Waals surface area contributed by atoms with Crippen molar-refractivity contribution in [3.63, 3.8) is 0 Å². The summed E-state index contributed by atoms with van der Waals surface area (Å²) in [6.45, 7) is 4.68. The molecule has 0 fully saturated rings. The lowest BCUT2D eigenvalue weighted by molar-refractivity contribution is 0.252. The Morgan fingerprint density at radius 3 is 2.57 bits per heavy atom. The van der Waals surface area contributed by atoms with E-state index in [-0.39, 0.29) is 6.03 Å². The zero-order chi connectivity index (χ0) is 15.1. The smallest absolute Gasteiger partial charge is 0.319 e. The topological polar surface area (TPSA) is 41.1 Å². The van der Waals surface area contributed by atoms with Crippen LogP contribution in [0.15, 0.2) is 53.4 Å². The molecule has 0 atom stereocenters. The molecule has 2 amide bonds. The van der Waals surface area contributed by atoms with Gasteiger partial charge in [0.25, 0.3) is 0 Å². The van der Waals surface area contributed by atoms with Crippen molar-refractivity contribution in [1.29, 1.82) is 0 Å². The number of hydrogen-bond donors (Lipinski definition) is 2. The van der Waals surface area contributed by atoms with E-state index in [2.05, 4.69) is 22.8 Å². The third-order valence-electron chi connectivity index (χ3n) is 3.25. The predicted octanol–water partition coefficient (Wildman–Crippen LogP) is 4.22. The maximum absolute atomic E-state index is 11.9. The molecule has 21 heavy (non-hydrogen) atoms. The minimum Gasteiger partial charge on any atom is -0.337 e. The van der Waals surface area contributed by atoms with Gasteiger partial charge in [-0.25, -0.2) is 4.79 Å². The van der Waals surface area contributed by atoms with E-state index in [4.69, 9.17) is 0 Å². The zero-order valence-electron chi connectivity index (χ0n) is 12.3. The van der Waals surface area contributed by atoms with E-state index in [1.54, 1.807) is 11.8 Å². The molecule has 0 saturated carbocycles. The van der Waals surface area contributed by atoms with Crippen LogP contribution >= 0.6 is 11.8 Å². The van der Waals surface area contributed by atoms with Gasteiger partial charge in [0.15, 0.2) is 0 Å². The number of hydrogen-bond acceptors (Lipinski definition) is 2. The van der Waals surface area contributed by atoms with Crippen LogP contribution in [-0.2, 0) is 0 Å². The molecule has 2 aromatic rings. The Morgan fingerprint density at radius 2 is 1.81 bits per heavy atom. The van der Waals surface area contributed by atoms with Crippen molar-refractivity contribution in [2.75, 3.05) is 17.6 Å². The molecule has 0 spiro atoms. The molecular weight excluding hydrogens is 280 g/mol. The van der Waals surface area contributed by atoms with Crippen molar-refractivity contribution >= 4 is 23.5 Å². The van der Waals surface area contributed by atoms with Crippen molar-refractivity contribution < 1.29 is 4.79 Å². The van der Waals surface area contributed by atoms with E-state index in [0.717, 1.165) is 17.0 Å². The fourth-order valence-electron chi connectivity index (χ4n) is 1.90. The molecule has 110 valence electrons. The number of benzene rings is 2. The Hall–Kier alpha value is -1.94. The summed E-state index contributed by atoms with van der Waals surface area (Å²) in [5.74, 6) is 0.851. The summed E-state index contributed by atoms with van der Waals surface area (Å²) >= 11 is 1.73. The SMILES string of the molecule is Cc1cccc(NC(=O)NCCSc2ccccc2)c1C. The Kier molecular flexibility index (Phi) is 5.69. The van der Waals surface area contributed by atoms with Crippen molar-refractivity contribution in [3.05, 3.63) is 59.7 Å². The average Bonchev–Trinajstić information content (AvgIpc) is 2.49. The Labute approximate surface area is 130 Å². The van der Waals surface area contributed by atoms with Crippen LogP contribution < -0.4 is 10.6 Å². The van der Waals surface area contributed by atoms with Crippen LogP contribution in [0.4, 0.5) is 10.5 Å². The third-order valence-corrected chi connectivity index (χ3v) is 4.27. The Balaban J connectivity index is 1.74. The molecule has 0 radical (unpaired) electrons. The van der Waals surface area contributed by atoms with E-state index < -0.39 is 0 Å². The molecule has 2 N–H and O–H groups in total. The van der Waals surface area contributed by atoms with Gasteiger partial charge in [-0.2, -0.15) is 0 Å². The van der Waals surface area contributed by atoms with Gasteiger partial charge in [0.1, 0.15) is 0 Å². The molecular formula is C17H20N2OS. The van der Waals surface area contributed by atoms with Gasteiger partial charge in [0.2, 0.25) is 0 Å². The molecule has 0 bridgehead atoms. The first-order chi connectivity index (χ1) is 10.2. The molecule has 0 aliphatic heterocycles. The average molecular weight is 300 g/mol. The minimum atomic E-state index is -0.155. The second-order valence-corrected chi connectivity index (χ2v) is 5.96. The number of nitrogens with one attached hydrogen (secondary N) is 2. The highest BCUT2D eigenvalue weighted by molar-refractivity contribution is 7.99. The number of rotatable bonds is 5. The molecule has 0 aliphatic rings. The maximum atomic E-state index is 11.9. The molecule has 3 nitrogen and oxygen atoms in total. The highest BCUT2D eigenvalue weighted by Gasteiger charge is 2.04. The van der Waals surface area contributed by atoms with Crippen LogP contribution in [0.1, 0.15) is 11.1 Å². The summed E-state index contributed by atoms with van der Waals surface area (Å²) in [5.41, 5.74) is 3.14. The summed E-state index contributed by atoms with van der Waals surface area (Å²) in [5, 5.41) is 5.77. The Morgan fingerprint density at radius 1 is 1.05 bits per heavy atom. The van der Waals surface area contributed by atoms with E-state index in [9.17, 15) is 4.79 Å². The van der Waals surface area contributed by atoms with Crippen molar-refractivity contribution in [3.8, 4) is 0 Å². The lowest BCUT2D eigenvalue weighted by Gasteiger charge is -2.11. The number of anilines is 1. The summed E-state index contributed by atoms with van der Waals surface area (Å²) in [7, 11) is 0. The highest BCUT2D eigenvalue weighted by Crippen LogP contribution is 2.18. The van der Waals surface area contributed by atoms with Gasteiger partial charge in [-0.1, -0.05) is 30.3 Å². The number of amides is 2. The first-order valence-electron chi connectivity index (χ1n) is 6.96. The molecule has 0 saturated heterocycles. The van der Waals surface area contributed by atoms with Crippen LogP contribution in [-0.4, -0.2) is 18.3 Å². The molecule has 0 heterocycles. The van der Waals surface area contributed by atoms with E-state index in [1.165, 1.54) is 10.5 Å². The van der Waals surface area contributed by atoms with Gasteiger partial charge in [0, 0.05) is 22.9 Å². The van der Waals surface area contributed by atoms with Gasteiger partial charge in [-0.15, -0.1) is 11.8 Å². The number of carbonyl (C=O) groups excluding carboxylic acids is 1. The van der Waals surface area contributed by atoms with E-state index in [0.29, 0.717) is 6.54 Å². The van der Waals surface area contributed by atoms with Gasteiger partial charge >= 0.3 is 6.03 Å². The van der Waals surface area contributed by atoms with Crippen LogP contribution in [0.25, 0.3) is 0 Å². The van der Waals surface area contributed by atoms with E-state index in [1.807, 2.05) is 50.2 Å². The summed E-state index contributed by atoms with van der Waals surface area (Å²) < 4.78 is 0. The standard InChI is InChI=1S/C17H20N2OS/c1-13-7-6-10-16(14(13)2)19-17(20)18-11-12-21-15-8-4-3-5-9-15/h3-10H,11-12H2,1-2H3,(H2,18,19,20). The van der Waals surface area contributed by atoms with Crippen LogP contribution in [0.3, 0.4) is 0 Å². The van der Waals surface area contributed by atoms with Gasteiger partial charge in [-0.05, 0) is 43.2 Å². The fourth-order valence-corrected chi connectivity index (χ4v) is 2.69. The second-order valence-electron chi connectivity index (χ2n) is 4.79. The van der Waals surface area contributed by atoms with Crippen LogP contribution in [0.2, 0.25) is 0 Å². The largest absolute Gasteiger partial charge is 0.337 e. The van der Waals surface area contributed by atoms with Crippen molar-refractivity contribution in [2.24, 2.45) is 0 Å². The highest BCUT2D eigenvalue weighted by atomic mass is 32.2. The zero-order valence-corrected chi connectivity index (χ0v) is 13.2. The number of aryl methyl sites for hydroxylation is 1. The predicted molar refractivity (Wildman–Crippen MR) is 90.1 cm³/mol. The number of urea groups is 1. The maximum Gasteiger partial charge on any atom is 0.319 e. The first kappa shape index (κ1) is 15.4. The number of carbonyl (C=O) groups is 1. The minimum absolute atomic E-state index is 0.155. The number of thioether (sulfide) groups is 1. The van der Waals surface area contributed by atoms with E-state index >= 15 is 0 Å². The summed E-state index contributed by atoms with van der Waals surface area (Å²) in [4.78, 5) is 13.1. The molecule has 0 aliphatic carbocycles. The Bertz CT molecular complexity index is 599. The second kappa shape index (κ2) is 7.74. The molecule has 2 aromatic carbocycles. The molecule has 0 unspecified atom stereocenters. The van der Waals surface area contributed by atoms with Crippen LogP contribution in [0.5, 0.6) is 0 Å². The van der Waals surface area contributed by atoms with Gasteiger partial charge in [0.05, 0.1) is 0 Å². The van der Waals surface area contributed by atoms with Gasteiger partial charge < -0.3 is 10.6 Å². The van der Waals surface area contributed by atoms with Crippen molar-refractivity contribution in [1.82, 2.24) is 5.32 Å². The van der Waals surface area contributed by atoms with Crippen molar-refractivity contribution in [2.45, 2.75) is 18.7 Å². The molecule has 0 aromatic heterocycles. The van der Waals surface area contributed by atoms with Gasteiger partial charge in [-0.3, -0.25) is 0 Å². The fraction of sp³-hybridized carbons (Fsp3) is 0.235. The normalized spacial score (nSPS) is 10.2. The third kappa shape index (κ3) is 4.83. The monoisotopic (exact) mass is 300 g/mol. The lowest BCUT2D eigenvalue weighted by Crippen LogP contribution is -2.30.